The minimum atomic E-state index is 0.673. The molecule has 0 radical (unpaired) electrons. The second-order valence-electron chi connectivity index (χ2n) is 5.21. The van der Waals surface area contributed by atoms with Gasteiger partial charge in [-0.25, -0.2) is 0 Å². The van der Waals surface area contributed by atoms with Crippen LogP contribution in [0.4, 0.5) is 5.69 Å². The van der Waals surface area contributed by atoms with Crippen molar-refractivity contribution in [3.05, 3.63) is 23.0 Å². The van der Waals surface area contributed by atoms with Gasteiger partial charge in [-0.1, -0.05) is 0 Å². The quantitative estimate of drug-likeness (QED) is 0.824. The van der Waals surface area contributed by atoms with Gasteiger partial charge in [-0.3, -0.25) is 4.98 Å². The summed E-state index contributed by atoms with van der Waals surface area (Å²) in [5, 5.41) is 12.6. The van der Waals surface area contributed by atoms with Crippen LogP contribution in [0.1, 0.15) is 36.2 Å². The Kier molecular flexibility index (Phi) is 4.75. The van der Waals surface area contributed by atoms with Crippen molar-refractivity contribution in [3.63, 3.8) is 0 Å². The van der Waals surface area contributed by atoms with E-state index in [9.17, 15) is 5.26 Å². The van der Waals surface area contributed by atoms with Gasteiger partial charge in [-0.05, 0) is 58.8 Å². The van der Waals surface area contributed by atoms with Crippen LogP contribution in [0.5, 0.6) is 0 Å². The van der Waals surface area contributed by atoms with Gasteiger partial charge in [0.2, 0.25) is 0 Å². The summed E-state index contributed by atoms with van der Waals surface area (Å²) in [6, 6.07) is 4.20. The SMILES string of the molecule is Cc1cc(NCCCN2CCCC2)c(C#N)c(C)n1. The predicted octanol–water partition coefficient (Wildman–Crippen LogP) is 2.47. The summed E-state index contributed by atoms with van der Waals surface area (Å²) in [6.07, 6.45) is 3.80. The van der Waals surface area contributed by atoms with E-state index in [0.29, 0.717) is 5.56 Å². The zero-order valence-electron chi connectivity index (χ0n) is 11.9. The van der Waals surface area contributed by atoms with Crippen LogP contribution in [0, 0.1) is 25.2 Å². The van der Waals surface area contributed by atoms with Crippen molar-refractivity contribution in [2.45, 2.75) is 33.1 Å². The molecule has 1 aliphatic heterocycles. The first-order valence-corrected chi connectivity index (χ1v) is 7.05. The maximum atomic E-state index is 9.18. The number of aryl methyl sites for hydroxylation is 2. The van der Waals surface area contributed by atoms with E-state index in [-0.39, 0.29) is 0 Å². The number of hydrogen-bond donors (Lipinski definition) is 1. The largest absolute Gasteiger partial charge is 0.384 e. The molecule has 4 nitrogen and oxygen atoms in total. The van der Waals surface area contributed by atoms with Crippen molar-refractivity contribution in [1.29, 1.82) is 5.26 Å². The lowest BCUT2D eigenvalue weighted by molar-refractivity contribution is 0.337. The Hall–Kier alpha value is -1.60. The number of rotatable bonds is 5. The Labute approximate surface area is 115 Å². The van der Waals surface area contributed by atoms with Crippen molar-refractivity contribution >= 4 is 5.69 Å². The second-order valence-corrected chi connectivity index (χ2v) is 5.21. The minimum Gasteiger partial charge on any atom is -0.384 e. The van der Waals surface area contributed by atoms with Crippen LogP contribution in [0.15, 0.2) is 6.07 Å². The molecule has 2 heterocycles. The number of aromatic nitrogens is 1. The van der Waals surface area contributed by atoms with Gasteiger partial charge in [0, 0.05) is 12.2 Å². The Balaban J connectivity index is 1.86. The van der Waals surface area contributed by atoms with Crippen LogP contribution < -0.4 is 5.32 Å². The van der Waals surface area contributed by atoms with Gasteiger partial charge in [0.05, 0.1) is 16.9 Å². The highest BCUT2D eigenvalue weighted by molar-refractivity contribution is 5.59. The van der Waals surface area contributed by atoms with Crippen LogP contribution in [-0.4, -0.2) is 36.1 Å². The standard InChI is InChI=1S/C15H22N4/c1-12-10-15(14(11-16)13(2)18-12)17-6-5-9-19-7-3-4-8-19/h10H,3-9H2,1-2H3,(H,17,18). The number of hydrogen-bond acceptors (Lipinski definition) is 4. The third-order valence-electron chi connectivity index (χ3n) is 3.61. The van der Waals surface area contributed by atoms with Gasteiger partial charge in [-0.15, -0.1) is 0 Å². The molecule has 0 saturated carbocycles. The number of likely N-dealkylation sites (tertiary alicyclic amines) is 1. The van der Waals surface area contributed by atoms with Crippen LogP contribution in [-0.2, 0) is 0 Å². The first-order valence-electron chi connectivity index (χ1n) is 7.05. The van der Waals surface area contributed by atoms with Gasteiger partial charge in [-0.2, -0.15) is 5.26 Å². The summed E-state index contributed by atoms with van der Waals surface area (Å²) >= 11 is 0. The molecule has 0 aliphatic carbocycles. The van der Waals surface area contributed by atoms with E-state index in [1.54, 1.807) is 0 Å². The van der Waals surface area contributed by atoms with E-state index < -0.39 is 0 Å². The molecule has 0 bridgehead atoms. The van der Waals surface area contributed by atoms with Gasteiger partial charge in [0.15, 0.2) is 0 Å². The smallest absolute Gasteiger partial charge is 0.103 e. The van der Waals surface area contributed by atoms with E-state index in [1.165, 1.54) is 25.9 Å². The Morgan fingerprint density at radius 1 is 1.37 bits per heavy atom. The van der Waals surface area contributed by atoms with Crippen molar-refractivity contribution in [3.8, 4) is 6.07 Å². The van der Waals surface area contributed by atoms with Crippen LogP contribution >= 0.6 is 0 Å². The number of pyridine rings is 1. The first kappa shape index (κ1) is 13.8. The number of nitrogens with zero attached hydrogens (tertiary/aromatic N) is 3. The topological polar surface area (TPSA) is 52.0 Å². The fourth-order valence-corrected chi connectivity index (χ4v) is 2.64. The van der Waals surface area contributed by atoms with Crippen molar-refractivity contribution in [2.75, 3.05) is 31.5 Å². The third kappa shape index (κ3) is 3.68. The molecule has 1 aliphatic rings. The second kappa shape index (κ2) is 6.53. The van der Waals surface area contributed by atoms with Gasteiger partial charge in [0.1, 0.15) is 6.07 Å². The number of nitriles is 1. The summed E-state index contributed by atoms with van der Waals surface area (Å²) in [5.74, 6) is 0. The molecule has 1 saturated heterocycles. The van der Waals surface area contributed by atoms with E-state index in [1.807, 2.05) is 19.9 Å². The minimum absolute atomic E-state index is 0.673. The summed E-state index contributed by atoms with van der Waals surface area (Å²) in [4.78, 5) is 6.84. The maximum Gasteiger partial charge on any atom is 0.103 e. The van der Waals surface area contributed by atoms with Crippen molar-refractivity contribution < 1.29 is 0 Å². The molecule has 4 heteroatoms. The van der Waals surface area contributed by atoms with E-state index in [2.05, 4.69) is 21.3 Å². The number of nitrogens with one attached hydrogen (secondary N) is 1. The normalized spacial score (nSPS) is 15.4. The average molecular weight is 258 g/mol. The monoisotopic (exact) mass is 258 g/mol. The zero-order chi connectivity index (χ0) is 13.7. The molecule has 1 N–H and O–H groups in total. The molecule has 1 fully saturated rings. The first-order chi connectivity index (χ1) is 9.20. The summed E-state index contributed by atoms with van der Waals surface area (Å²) in [5.41, 5.74) is 3.36. The molecule has 0 unspecified atom stereocenters. The summed E-state index contributed by atoms with van der Waals surface area (Å²) < 4.78 is 0. The lowest BCUT2D eigenvalue weighted by Gasteiger charge is -2.15. The Morgan fingerprint density at radius 2 is 2.11 bits per heavy atom. The van der Waals surface area contributed by atoms with Crippen LogP contribution in [0.25, 0.3) is 0 Å². The van der Waals surface area contributed by atoms with Crippen LogP contribution in [0.3, 0.4) is 0 Å². The molecule has 1 aromatic heterocycles. The third-order valence-corrected chi connectivity index (χ3v) is 3.61. The van der Waals surface area contributed by atoms with E-state index in [4.69, 9.17) is 0 Å². The summed E-state index contributed by atoms with van der Waals surface area (Å²) in [6.45, 7) is 8.41. The number of anilines is 1. The highest BCUT2D eigenvalue weighted by Gasteiger charge is 2.11. The molecule has 102 valence electrons. The molecule has 0 aromatic carbocycles. The predicted molar refractivity (Wildman–Crippen MR) is 77.2 cm³/mol. The molecule has 0 spiro atoms. The zero-order valence-corrected chi connectivity index (χ0v) is 11.9. The Morgan fingerprint density at radius 3 is 2.79 bits per heavy atom. The lowest BCUT2D eigenvalue weighted by Crippen LogP contribution is -2.22. The van der Waals surface area contributed by atoms with E-state index in [0.717, 1.165) is 36.6 Å². The van der Waals surface area contributed by atoms with E-state index >= 15 is 0 Å². The molecule has 2 rings (SSSR count). The van der Waals surface area contributed by atoms with Gasteiger partial charge < -0.3 is 10.2 Å². The highest BCUT2D eigenvalue weighted by Crippen LogP contribution is 2.18. The van der Waals surface area contributed by atoms with Crippen molar-refractivity contribution in [2.24, 2.45) is 0 Å². The molecule has 0 amide bonds. The van der Waals surface area contributed by atoms with Gasteiger partial charge in [0.25, 0.3) is 0 Å². The molecular formula is C15H22N4. The summed E-state index contributed by atoms with van der Waals surface area (Å²) in [7, 11) is 0. The molecule has 0 atom stereocenters. The fraction of sp³-hybridized carbons (Fsp3) is 0.600. The maximum absolute atomic E-state index is 9.18. The Bertz CT molecular complexity index is 470. The van der Waals surface area contributed by atoms with Crippen LogP contribution in [0.2, 0.25) is 0 Å². The average Bonchev–Trinajstić information content (AvgIpc) is 2.87. The molecular weight excluding hydrogens is 236 g/mol. The molecule has 1 aromatic rings. The highest BCUT2D eigenvalue weighted by atomic mass is 15.1. The van der Waals surface area contributed by atoms with Crippen molar-refractivity contribution in [1.82, 2.24) is 9.88 Å². The molecule has 19 heavy (non-hydrogen) atoms. The fourth-order valence-electron chi connectivity index (χ4n) is 2.64. The lowest BCUT2D eigenvalue weighted by atomic mass is 10.1. The van der Waals surface area contributed by atoms with Gasteiger partial charge >= 0.3 is 0 Å².